The van der Waals surface area contributed by atoms with Crippen LogP contribution in [0.4, 0.5) is 0 Å². The normalized spacial score (nSPS) is 11.1. The molecule has 3 nitrogen and oxygen atoms in total. The van der Waals surface area contributed by atoms with E-state index in [4.69, 9.17) is 10.1 Å². The number of thiophene rings is 1. The maximum Gasteiger partial charge on any atom is 0.155 e. The Bertz CT molecular complexity index is 1730. The second-order valence-corrected chi connectivity index (χ2v) is 9.62. The first-order valence-corrected chi connectivity index (χ1v) is 12.5. The second-order valence-electron chi connectivity index (χ2n) is 8.54. The van der Waals surface area contributed by atoms with E-state index in [1.807, 2.05) is 17.5 Å². The van der Waals surface area contributed by atoms with Crippen LogP contribution in [0.5, 0.6) is 0 Å². The van der Waals surface area contributed by atoms with Gasteiger partial charge in [0.15, 0.2) is 5.78 Å². The molecule has 0 saturated heterocycles. The average molecular weight is 679 g/mol. The van der Waals surface area contributed by atoms with Crippen molar-refractivity contribution in [2.75, 3.05) is 0 Å². The number of hydrogen-bond donors (Lipinski definition) is 1. The third kappa shape index (κ3) is 5.70. The number of pyridine rings is 1. The zero-order chi connectivity index (χ0) is 25.1. The van der Waals surface area contributed by atoms with Gasteiger partial charge < -0.3 is 5.11 Å². The van der Waals surface area contributed by atoms with Gasteiger partial charge in [-0.3, -0.25) is 9.78 Å². The zero-order valence-corrected chi connectivity index (χ0v) is 23.6. The Morgan fingerprint density at radius 2 is 1.49 bits per heavy atom. The van der Waals surface area contributed by atoms with Gasteiger partial charge in [-0.05, 0) is 36.9 Å². The van der Waals surface area contributed by atoms with Crippen LogP contribution in [0.2, 0.25) is 0 Å². The van der Waals surface area contributed by atoms with Crippen molar-refractivity contribution >= 4 is 48.8 Å². The van der Waals surface area contributed by atoms with Crippen molar-refractivity contribution < 1.29 is 30.0 Å². The van der Waals surface area contributed by atoms with Crippen LogP contribution in [-0.4, -0.2) is 15.9 Å². The predicted octanol–water partition coefficient (Wildman–Crippen LogP) is 8.77. The molecule has 6 rings (SSSR count). The van der Waals surface area contributed by atoms with Crippen molar-refractivity contribution in [2.24, 2.45) is 0 Å². The molecule has 185 valence electrons. The summed E-state index contributed by atoms with van der Waals surface area (Å²) >= 11 is 1.81. The van der Waals surface area contributed by atoms with Gasteiger partial charge in [0.05, 0.1) is 5.76 Å². The topological polar surface area (TPSA) is 50.2 Å². The number of aliphatic hydroxyl groups excluding tert-OH is 1. The van der Waals surface area contributed by atoms with Gasteiger partial charge >= 0.3 is 0 Å². The molecule has 5 heteroatoms. The number of allylic oxidation sites excluding steroid dienone is 2. The van der Waals surface area contributed by atoms with Gasteiger partial charge in [0, 0.05) is 47.6 Å². The van der Waals surface area contributed by atoms with E-state index in [1.54, 1.807) is 0 Å². The van der Waals surface area contributed by atoms with E-state index in [1.165, 1.54) is 56.6 Å². The van der Waals surface area contributed by atoms with Crippen LogP contribution in [0.25, 0.3) is 53.3 Å². The molecule has 1 radical (unpaired) electrons. The average Bonchev–Trinajstić information content (AvgIpc) is 3.33. The molecule has 0 aliphatic heterocycles. The molecule has 0 fully saturated rings. The summed E-state index contributed by atoms with van der Waals surface area (Å²) in [7, 11) is 0. The monoisotopic (exact) mass is 679 g/mol. The van der Waals surface area contributed by atoms with Gasteiger partial charge in [-0.1, -0.05) is 94.5 Å². The molecule has 1 N–H and O–H groups in total. The van der Waals surface area contributed by atoms with Crippen LogP contribution in [0.1, 0.15) is 13.8 Å². The van der Waals surface area contributed by atoms with Crippen molar-refractivity contribution in [3.8, 4) is 21.7 Å². The van der Waals surface area contributed by atoms with E-state index >= 15 is 0 Å². The van der Waals surface area contributed by atoms with E-state index in [-0.39, 0.29) is 31.6 Å². The minimum Gasteiger partial charge on any atom is -0.512 e. The molecule has 0 atom stereocenters. The molecule has 0 aliphatic rings. The van der Waals surface area contributed by atoms with Gasteiger partial charge in [0.2, 0.25) is 0 Å². The van der Waals surface area contributed by atoms with Crippen LogP contribution < -0.4 is 0 Å². The molecule has 2 heterocycles. The Morgan fingerprint density at radius 3 is 2.16 bits per heavy atom. The van der Waals surface area contributed by atoms with Crippen LogP contribution in [0, 0.1) is 6.07 Å². The summed E-state index contributed by atoms with van der Waals surface area (Å²) in [5, 5.41) is 14.3. The SMILES string of the molecule is CC(=O)/C=C(/C)O.[Ir].[c-]1c(-c2nccc3sc(-c4ccccc4)cc23)c2ccccc2c2ccccc12. The summed E-state index contributed by atoms with van der Waals surface area (Å²) in [5.41, 5.74) is 3.32. The van der Waals surface area contributed by atoms with E-state index in [9.17, 15) is 4.79 Å². The molecule has 0 amide bonds. The molecular formula is C32H24IrNO2S-. The first-order valence-electron chi connectivity index (χ1n) is 11.7. The molecule has 0 aliphatic carbocycles. The first-order chi connectivity index (χ1) is 17.5. The van der Waals surface area contributed by atoms with Gasteiger partial charge in [-0.25, -0.2) is 0 Å². The third-order valence-electron chi connectivity index (χ3n) is 5.83. The predicted molar refractivity (Wildman–Crippen MR) is 151 cm³/mol. The summed E-state index contributed by atoms with van der Waals surface area (Å²) in [4.78, 5) is 16.1. The van der Waals surface area contributed by atoms with Crippen LogP contribution in [-0.2, 0) is 24.9 Å². The maximum absolute atomic E-state index is 10.0. The summed E-state index contributed by atoms with van der Waals surface area (Å²) in [5.74, 6) is -0.0625. The number of rotatable bonds is 3. The number of ketones is 1. The van der Waals surface area contributed by atoms with Crippen LogP contribution >= 0.6 is 11.3 Å². The number of aromatic nitrogens is 1. The van der Waals surface area contributed by atoms with Crippen LogP contribution in [0.15, 0.2) is 109 Å². The first kappa shape index (κ1) is 26.4. The van der Waals surface area contributed by atoms with E-state index in [2.05, 4.69) is 97.1 Å². The minimum absolute atomic E-state index is 0. The number of benzene rings is 4. The van der Waals surface area contributed by atoms with Crippen molar-refractivity contribution in [3.05, 3.63) is 115 Å². The number of carbonyl (C=O) groups is 1. The van der Waals surface area contributed by atoms with Gasteiger partial charge in [-0.2, -0.15) is 0 Å². The van der Waals surface area contributed by atoms with Crippen LogP contribution in [0.3, 0.4) is 0 Å². The Morgan fingerprint density at radius 1 is 0.838 bits per heavy atom. The summed E-state index contributed by atoms with van der Waals surface area (Å²) in [6.07, 6.45) is 3.08. The fourth-order valence-corrected chi connectivity index (χ4v) is 5.41. The third-order valence-corrected chi connectivity index (χ3v) is 6.98. The van der Waals surface area contributed by atoms with Gasteiger partial charge in [0.1, 0.15) is 0 Å². The quantitative estimate of drug-likeness (QED) is 0.0882. The molecule has 0 spiro atoms. The Hall–Kier alpha value is -3.63. The molecule has 37 heavy (non-hydrogen) atoms. The largest absolute Gasteiger partial charge is 0.512 e. The summed E-state index contributed by atoms with van der Waals surface area (Å²) in [6.45, 7) is 2.85. The van der Waals surface area contributed by atoms with Crippen molar-refractivity contribution in [1.29, 1.82) is 0 Å². The van der Waals surface area contributed by atoms with Gasteiger partial charge in [0.25, 0.3) is 0 Å². The smallest absolute Gasteiger partial charge is 0.155 e. The maximum atomic E-state index is 10.0. The molecule has 6 aromatic rings. The Labute approximate surface area is 233 Å². The molecular weight excluding hydrogens is 655 g/mol. The standard InChI is InChI=1S/C27H16NS.C5H8O2.Ir/c1-2-8-18(9-3-1)26-17-24-25(29-26)14-15-28-27(24)23-16-19-10-4-5-11-20(19)21-12-6-7-13-22(21)23;1-4(6)3-5(2)7;/h1-15,17H;3,6H,1-2H3;/q-1;;/b;4-3-;. The summed E-state index contributed by atoms with van der Waals surface area (Å²) in [6, 6.07) is 35.6. The fraction of sp³-hybridized carbons (Fsp3) is 0.0625. The number of hydrogen-bond acceptors (Lipinski definition) is 4. The number of aliphatic hydroxyl groups is 1. The molecule has 0 unspecified atom stereocenters. The Kier molecular flexibility index (Phi) is 8.30. The molecule has 4 aromatic carbocycles. The zero-order valence-electron chi connectivity index (χ0n) is 20.4. The molecule has 2 aromatic heterocycles. The Balaban J connectivity index is 0.000000356. The summed E-state index contributed by atoms with van der Waals surface area (Å²) < 4.78 is 1.25. The van der Waals surface area contributed by atoms with Crippen molar-refractivity contribution in [3.63, 3.8) is 0 Å². The molecule has 0 saturated carbocycles. The second kappa shape index (κ2) is 11.6. The minimum atomic E-state index is -0.125. The number of carbonyl (C=O) groups excluding carboxylic acids is 1. The van der Waals surface area contributed by atoms with Crippen molar-refractivity contribution in [2.45, 2.75) is 13.8 Å². The van der Waals surface area contributed by atoms with E-state index < -0.39 is 0 Å². The molecule has 0 bridgehead atoms. The van der Waals surface area contributed by atoms with E-state index in [0.717, 1.165) is 16.6 Å². The number of nitrogens with zero attached hydrogens (tertiary/aromatic N) is 1. The van der Waals surface area contributed by atoms with E-state index in [0.29, 0.717) is 0 Å². The van der Waals surface area contributed by atoms with Crippen molar-refractivity contribution in [1.82, 2.24) is 4.98 Å². The van der Waals surface area contributed by atoms with Gasteiger partial charge in [-0.15, -0.1) is 28.9 Å². The fourth-order valence-electron chi connectivity index (χ4n) is 4.35. The number of fused-ring (bicyclic) bond motifs is 4.